The first-order valence-corrected chi connectivity index (χ1v) is 7.87. The zero-order valence-corrected chi connectivity index (χ0v) is 15.6. The highest BCUT2D eigenvalue weighted by molar-refractivity contribution is 5.85. The van der Waals surface area contributed by atoms with E-state index in [1.54, 1.807) is 0 Å². The molecule has 0 unspecified atom stereocenters. The third kappa shape index (κ3) is 5.96. The number of carbonyl (C=O) groups is 1. The third-order valence-electron chi connectivity index (χ3n) is 4.33. The van der Waals surface area contributed by atoms with Crippen LogP contribution in [0.3, 0.4) is 0 Å². The zero-order valence-electron chi connectivity index (χ0n) is 14.0. The second-order valence-electron chi connectivity index (χ2n) is 6.05. The van der Waals surface area contributed by atoms with E-state index in [2.05, 4.69) is 36.1 Å². The van der Waals surface area contributed by atoms with Gasteiger partial charge in [-0.1, -0.05) is 37.3 Å². The molecular formula is C17H29Cl2N3O. The number of nitrogens with two attached hydrogens (primary N) is 1. The third-order valence-corrected chi connectivity index (χ3v) is 4.33. The van der Waals surface area contributed by atoms with Gasteiger partial charge < -0.3 is 10.6 Å². The fourth-order valence-corrected chi connectivity index (χ4v) is 3.18. The monoisotopic (exact) mass is 361 g/mol. The van der Waals surface area contributed by atoms with Crippen molar-refractivity contribution in [3.63, 3.8) is 0 Å². The fraction of sp³-hybridized carbons (Fsp3) is 0.588. The van der Waals surface area contributed by atoms with Crippen LogP contribution in [-0.4, -0.2) is 55.5 Å². The Morgan fingerprint density at radius 3 is 2.48 bits per heavy atom. The molecule has 4 nitrogen and oxygen atoms in total. The number of hydrogen-bond donors (Lipinski definition) is 1. The average molecular weight is 362 g/mol. The van der Waals surface area contributed by atoms with Gasteiger partial charge in [0.15, 0.2) is 0 Å². The number of rotatable bonds is 6. The van der Waals surface area contributed by atoms with Gasteiger partial charge in [-0.05, 0) is 38.0 Å². The number of likely N-dealkylation sites (tertiary alicyclic amines) is 1. The summed E-state index contributed by atoms with van der Waals surface area (Å²) >= 11 is 0. The molecule has 1 aliphatic rings. The Bertz CT molecular complexity index is 458. The highest BCUT2D eigenvalue weighted by Crippen LogP contribution is 2.31. The summed E-state index contributed by atoms with van der Waals surface area (Å²) in [6, 6.07) is 10.4. The molecule has 1 aromatic carbocycles. The van der Waals surface area contributed by atoms with E-state index < -0.39 is 0 Å². The quantitative estimate of drug-likeness (QED) is 0.845. The van der Waals surface area contributed by atoms with Crippen LogP contribution in [0.2, 0.25) is 0 Å². The number of amides is 1. The van der Waals surface area contributed by atoms with Gasteiger partial charge in [0, 0.05) is 19.0 Å². The standard InChI is InChI=1S/C17H27N3O.2ClH/c1-3-9-19(2)13-17(21)20-11-15(10-18)16(12-20)14-7-5-4-6-8-14;;/h4-8,15-16H,3,9-13,18H2,1-2H3;2*1H/t15-,16+;;/m1../s1. The molecule has 0 radical (unpaired) electrons. The van der Waals surface area contributed by atoms with Crippen LogP contribution in [0.1, 0.15) is 24.8 Å². The first-order valence-electron chi connectivity index (χ1n) is 7.87. The molecule has 2 N–H and O–H groups in total. The number of hydrogen-bond acceptors (Lipinski definition) is 3. The Kier molecular flexibility index (Phi) is 10.5. The summed E-state index contributed by atoms with van der Waals surface area (Å²) in [5.74, 6) is 0.965. The molecule has 1 saturated heterocycles. The molecule has 0 aliphatic carbocycles. The van der Waals surface area contributed by atoms with Gasteiger partial charge >= 0.3 is 0 Å². The summed E-state index contributed by atoms with van der Waals surface area (Å²) in [7, 11) is 2.01. The molecule has 2 rings (SSSR count). The molecule has 1 aliphatic heterocycles. The zero-order chi connectivity index (χ0) is 15.2. The van der Waals surface area contributed by atoms with Gasteiger partial charge in [0.05, 0.1) is 6.54 Å². The highest BCUT2D eigenvalue weighted by Gasteiger charge is 2.35. The Hall–Kier alpha value is -0.810. The first-order chi connectivity index (χ1) is 10.2. The lowest BCUT2D eigenvalue weighted by Crippen LogP contribution is -2.38. The van der Waals surface area contributed by atoms with E-state index in [1.165, 1.54) is 5.56 Å². The van der Waals surface area contributed by atoms with Crippen LogP contribution in [0, 0.1) is 5.92 Å². The molecule has 23 heavy (non-hydrogen) atoms. The molecule has 1 aromatic rings. The maximum absolute atomic E-state index is 12.4. The van der Waals surface area contributed by atoms with Crippen molar-refractivity contribution in [2.75, 3.05) is 39.8 Å². The van der Waals surface area contributed by atoms with Crippen molar-refractivity contribution in [2.45, 2.75) is 19.3 Å². The van der Waals surface area contributed by atoms with Crippen molar-refractivity contribution in [3.8, 4) is 0 Å². The molecule has 132 valence electrons. The minimum atomic E-state index is 0. The minimum absolute atomic E-state index is 0. The van der Waals surface area contributed by atoms with E-state index in [9.17, 15) is 4.79 Å². The van der Waals surface area contributed by atoms with E-state index in [-0.39, 0.29) is 30.7 Å². The summed E-state index contributed by atoms with van der Waals surface area (Å²) in [5.41, 5.74) is 7.22. The summed E-state index contributed by atoms with van der Waals surface area (Å²) in [6.07, 6.45) is 1.07. The largest absolute Gasteiger partial charge is 0.341 e. The van der Waals surface area contributed by atoms with Crippen molar-refractivity contribution >= 4 is 30.7 Å². The van der Waals surface area contributed by atoms with Crippen molar-refractivity contribution in [2.24, 2.45) is 11.7 Å². The van der Waals surface area contributed by atoms with Crippen molar-refractivity contribution in [3.05, 3.63) is 35.9 Å². The molecule has 1 fully saturated rings. The summed E-state index contributed by atoms with van der Waals surface area (Å²) < 4.78 is 0. The first kappa shape index (κ1) is 22.2. The molecule has 0 aromatic heterocycles. The molecule has 1 heterocycles. The second kappa shape index (κ2) is 10.9. The van der Waals surface area contributed by atoms with Gasteiger partial charge in [-0.25, -0.2) is 0 Å². The molecule has 0 spiro atoms. The maximum atomic E-state index is 12.4. The SMILES string of the molecule is CCCN(C)CC(=O)N1C[C@@H](CN)[C@H](c2ccccc2)C1.Cl.Cl. The van der Waals surface area contributed by atoms with Crippen LogP contribution < -0.4 is 5.73 Å². The normalized spacial score (nSPS) is 20.1. The van der Waals surface area contributed by atoms with Crippen LogP contribution in [0.5, 0.6) is 0 Å². The number of nitrogens with zero attached hydrogens (tertiary/aromatic N) is 2. The van der Waals surface area contributed by atoms with Gasteiger partial charge in [0.25, 0.3) is 0 Å². The lowest BCUT2D eigenvalue weighted by atomic mass is 9.89. The average Bonchev–Trinajstić information content (AvgIpc) is 2.92. The van der Waals surface area contributed by atoms with Crippen LogP contribution in [0.25, 0.3) is 0 Å². The summed E-state index contributed by atoms with van der Waals surface area (Å²) in [5, 5.41) is 0. The summed E-state index contributed by atoms with van der Waals surface area (Å²) in [6.45, 7) is 5.81. The summed E-state index contributed by atoms with van der Waals surface area (Å²) in [4.78, 5) is 16.5. The van der Waals surface area contributed by atoms with Gasteiger partial charge in [-0.15, -0.1) is 24.8 Å². The van der Waals surface area contributed by atoms with Crippen LogP contribution in [0.15, 0.2) is 30.3 Å². The van der Waals surface area contributed by atoms with E-state index in [1.807, 2.05) is 18.0 Å². The van der Waals surface area contributed by atoms with Crippen molar-refractivity contribution < 1.29 is 4.79 Å². The molecule has 1 amide bonds. The van der Waals surface area contributed by atoms with Gasteiger partial charge in [-0.3, -0.25) is 9.69 Å². The molecule has 6 heteroatoms. The van der Waals surface area contributed by atoms with Crippen LogP contribution in [-0.2, 0) is 4.79 Å². The van der Waals surface area contributed by atoms with Crippen molar-refractivity contribution in [1.82, 2.24) is 9.80 Å². The lowest BCUT2D eigenvalue weighted by molar-refractivity contribution is -0.131. The van der Waals surface area contributed by atoms with Crippen molar-refractivity contribution in [1.29, 1.82) is 0 Å². The van der Waals surface area contributed by atoms with E-state index >= 15 is 0 Å². The predicted octanol–water partition coefficient (Wildman–Crippen LogP) is 2.37. The van der Waals surface area contributed by atoms with Gasteiger partial charge in [0.1, 0.15) is 0 Å². The van der Waals surface area contributed by atoms with E-state index in [0.29, 0.717) is 24.9 Å². The van der Waals surface area contributed by atoms with Gasteiger partial charge in [0.2, 0.25) is 5.91 Å². The smallest absolute Gasteiger partial charge is 0.236 e. The Balaban J connectivity index is 0.00000242. The number of halogens is 2. The second-order valence-corrected chi connectivity index (χ2v) is 6.05. The van der Waals surface area contributed by atoms with E-state index in [0.717, 1.165) is 26.1 Å². The molecular weight excluding hydrogens is 333 g/mol. The fourth-order valence-electron chi connectivity index (χ4n) is 3.18. The Labute approximate surface area is 152 Å². The molecule has 0 saturated carbocycles. The lowest BCUT2D eigenvalue weighted by Gasteiger charge is -2.21. The topological polar surface area (TPSA) is 49.6 Å². The molecule has 2 atom stereocenters. The minimum Gasteiger partial charge on any atom is -0.341 e. The maximum Gasteiger partial charge on any atom is 0.236 e. The number of likely N-dealkylation sites (N-methyl/N-ethyl adjacent to an activating group) is 1. The number of benzene rings is 1. The number of carbonyl (C=O) groups excluding carboxylic acids is 1. The predicted molar refractivity (Wildman–Crippen MR) is 101 cm³/mol. The van der Waals surface area contributed by atoms with Gasteiger partial charge in [-0.2, -0.15) is 0 Å². The van der Waals surface area contributed by atoms with Crippen LogP contribution in [0.4, 0.5) is 0 Å². The highest BCUT2D eigenvalue weighted by atomic mass is 35.5. The Morgan fingerprint density at radius 1 is 1.26 bits per heavy atom. The Morgan fingerprint density at radius 2 is 1.91 bits per heavy atom. The van der Waals surface area contributed by atoms with Crippen LogP contribution >= 0.6 is 24.8 Å². The molecule has 0 bridgehead atoms. The van der Waals surface area contributed by atoms with E-state index in [4.69, 9.17) is 5.73 Å².